The fourth-order valence-electron chi connectivity index (χ4n) is 2.16. The first-order valence-electron chi connectivity index (χ1n) is 5.45. The number of hydrogen-bond donors (Lipinski definition) is 0. The Labute approximate surface area is 90.9 Å². The molecule has 0 radical (unpaired) electrons. The third kappa shape index (κ3) is 2.10. The second-order valence-corrected chi connectivity index (χ2v) is 4.51. The van der Waals surface area contributed by atoms with Crippen LogP contribution in [0.1, 0.15) is 22.3 Å². The lowest BCUT2D eigenvalue weighted by atomic mass is 10.0. The summed E-state index contributed by atoms with van der Waals surface area (Å²) in [5.41, 5.74) is 2.17. The number of Topliss-reactive ketones (excluding diaryl/α,β-unsaturated/α-hetero) is 1. The van der Waals surface area contributed by atoms with E-state index in [4.69, 9.17) is 0 Å². The molecular formula is C13H17NO. The Morgan fingerprint density at radius 3 is 2.73 bits per heavy atom. The highest BCUT2D eigenvalue weighted by molar-refractivity contribution is 6.02. The average molecular weight is 203 g/mol. The summed E-state index contributed by atoms with van der Waals surface area (Å²) >= 11 is 0. The zero-order valence-corrected chi connectivity index (χ0v) is 9.36. The van der Waals surface area contributed by atoms with Crippen molar-refractivity contribution in [2.75, 3.05) is 20.6 Å². The van der Waals surface area contributed by atoms with Gasteiger partial charge in [0.1, 0.15) is 0 Å². The molecular weight excluding hydrogens is 186 g/mol. The molecule has 0 spiro atoms. The maximum atomic E-state index is 12.0. The van der Waals surface area contributed by atoms with E-state index in [2.05, 4.69) is 11.0 Å². The Bertz CT molecular complexity index is 371. The zero-order chi connectivity index (χ0) is 10.8. The Morgan fingerprint density at radius 2 is 2.07 bits per heavy atom. The van der Waals surface area contributed by atoms with Gasteiger partial charge in [-0.1, -0.05) is 24.3 Å². The summed E-state index contributed by atoms with van der Waals surface area (Å²) in [6, 6.07) is 7.99. The molecule has 2 nitrogen and oxygen atoms in total. The first kappa shape index (κ1) is 10.4. The molecule has 0 saturated heterocycles. The van der Waals surface area contributed by atoms with Crippen LogP contribution in [-0.2, 0) is 6.42 Å². The summed E-state index contributed by atoms with van der Waals surface area (Å²) < 4.78 is 0. The minimum Gasteiger partial charge on any atom is -0.309 e. The third-order valence-corrected chi connectivity index (χ3v) is 3.04. The number of nitrogens with zero attached hydrogens (tertiary/aromatic N) is 1. The Balaban J connectivity index is 2.07. The quantitative estimate of drug-likeness (QED) is 0.748. The second-order valence-electron chi connectivity index (χ2n) is 4.51. The number of ketones is 1. The molecule has 0 saturated carbocycles. The normalized spacial score (nSPS) is 19.7. The lowest BCUT2D eigenvalue weighted by Gasteiger charge is -2.12. The predicted octanol–water partition coefficient (Wildman–Crippen LogP) is 1.99. The molecule has 2 heteroatoms. The topological polar surface area (TPSA) is 20.3 Å². The molecule has 1 aromatic carbocycles. The molecule has 0 aromatic heterocycles. The van der Waals surface area contributed by atoms with E-state index in [1.807, 2.05) is 32.3 Å². The minimum atomic E-state index is 0.213. The number of carbonyl (C=O) groups excluding carboxylic acids is 1. The number of hydrogen-bond acceptors (Lipinski definition) is 2. The Hall–Kier alpha value is -1.15. The van der Waals surface area contributed by atoms with Gasteiger partial charge in [-0.2, -0.15) is 0 Å². The van der Waals surface area contributed by atoms with Crippen molar-refractivity contribution in [3.05, 3.63) is 35.4 Å². The fourth-order valence-corrected chi connectivity index (χ4v) is 2.16. The van der Waals surface area contributed by atoms with E-state index < -0.39 is 0 Å². The third-order valence-electron chi connectivity index (χ3n) is 3.04. The first-order valence-corrected chi connectivity index (χ1v) is 5.45. The van der Waals surface area contributed by atoms with Crippen LogP contribution in [0.3, 0.4) is 0 Å². The highest BCUT2D eigenvalue weighted by atomic mass is 16.1. The highest BCUT2D eigenvalue weighted by Crippen LogP contribution is 2.28. The van der Waals surface area contributed by atoms with Crippen LogP contribution in [0.15, 0.2) is 24.3 Å². The van der Waals surface area contributed by atoms with Gasteiger partial charge in [-0.15, -0.1) is 0 Å². The zero-order valence-electron chi connectivity index (χ0n) is 9.36. The van der Waals surface area contributed by atoms with Crippen molar-refractivity contribution in [2.45, 2.75) is 12.8 Å². The van der Waals surface area contributed by atoms with Gasteiger partial charge in [0.25, 0.3) is 0 Å². The molecule has 1 aliphatic carbocycles. The van der Waals surface area contributed by atoms with Gasteiger partial charge in [-0.3, -0.25) is 4.79 Å². The number of rotatable bonds is 3. The molecule has 0 aliphatic heterocycles. The van der Waals surface area contributed by atoms with E-state index in [0.29, 0.717) is 5.78 Å². The van der Waals surface area contributed by atoms with E-state index in [1.54, 1.807) is 0 Å². The number of carbonyl (C=O) groups is 1. The smallest absolute Gasteiger partial charge is 0.166 e. The van der Waals surface area contributed by atoms with Crippen LogP contribution in [0.5, 0.6) is 0 Å². The van der Waals surface area contributed by atoms with Crippen molar-refractivity contribution in [3.63, 3.8) is 0 Å². The predicted molar refractivity (Wildman–Crippen MR) is 61.1 cm³/mol. The average Bonchev–Trinajstić information content (AvgIpc) is 2.54. The van der Waals surface area contributed by atoms with E-state index in [0.717, 1.165) is 24.9 Å². The van der Waals surface area contributed by atoms with Gasteiger partial charge < -0.3 is 4.90 Å². The van der Waals surface area contributed by atoms with Crippen molar-refractivity contribution >= 4 is 5.78 Å². The van der Waals surface area contributed by atoms with Crippen LogP contribution in [0.2, 0.25) is 0 Å². The maximum absolute atomic E-state index is 12.0. The largest absolute Gasteiger partial charge is 0.309 e. The van der Waals surface area contributed by atoms with Crippen molar-refractivity contribution < 1.29 is 4.79 Å². The fraction of sp³-hybridized carbons (Fsp3) is 0.462. The van der Waals surface area contributed by atoms with E-state index in [-0.39, 0.29) is 5.92 Å². The van der Waals surface area contributed by atoms with Gasteiger partial charge in [0, 0.05) is 11.5 Å². The monoisotopic (exact) mass is 203 g/mol. The van der Waals surface area contributed by atoms with Crippen LogP contribution in [0.25, 0.3) is 0 Å². The van der Waals surface area contributed by atoms with Crippen molar-refractivity contribution in [3.8, 4) is 0 Å². The lowest BCUT2D eigenvalue weighted by molar-refractivity contribution is 0.0925. The molecule has 1 atom stereocenters. The van der Waals surface area contributed by atoms with E-state index in [9.17, 15) is 4.79 Å². The summed E-state index contributed by atoms with van der Waals surface area (Å²) in [5, 5.41) is 0. The van der Waals surface area contributed by atoms with Crippen LogP contribution in [0, 0.1) is 5.92 Å². The second kappa shape index (κ2) is 4.15. The van der Waals surface area contributed by atoms with Gasteiger partial charge in [-0.05, 0) is 39.0 Å². The molecule has 1 aliphatic rings. The molecule has 0 bridgehead atoms. The van der Waals surface area contributed by atoms with Gasteiger partial charge in [0.05, 0.1) is 0 Å². The highest BCUT2D eigenvalue weighted by Gasteiger charge is 2.29. The van der Waals surface area contributed by atoms with Gasteiger partial charge in [0.15, 0.2) is 5.78 Å². The summed E-state index contributed by atoms with van der Waals surface area (Å²) in [4.78, 5) is 14.1. The van der Waals surface area contributed by atoms with Crippen LogP contribution in [0.4, 0.5) is 0 Å². The molecule has 80 valence electrons. The van der Waals surface area contributed by atoms with E-state index >= 15 is 0 Å². The SMILES string of the molecule is CN(C)CC[C@H]1Cc2ccccc2C1=O. The lowest BCUT2D eigenvalue weighted by Crippen LogP contribution is -2.19. The molecule has 0 unspecified atom stereocenters. The summed E-state index contributed by atoms with van der Waals surface area (Å²) in [5.74, 6) is 0.553. The van der Waals surface area contributed by atoms with Crippen molar-refractivity contribution in [2.24, 2.45) is 5.92 Å². The molecule has 15 heavy (non-hydrogen) atoms. The standard InChI is InChI=1S/C13H17NO/c1-14(2)8-7-11-9-10-5-3-4-6-12(10)13(11)15/h3-6,11H,7-9H2,1-2H3/t11-/m0/s1. The number of benzene rings is 1. The van der Waals surface area contributed by atoms with Gasteiger partial charge in [0.2, 0.25) is 0 Å². The van der Waals surface area contributed by atoms with Gasteiger partial charge >= 0.3 is 0 Å². The van der Waals surface area contributed by atoms with Crippen LogP contribution >= 0.6 is 0 Å². The Morgan fingerprint density at radius 1 is 1.33 bits per heavy atom. The Kier molecular flexibility index (Phi) is 2.87. The molecule has 0 N–H and O–H groups in total. The molecule has 1 aromatic rings. The summed E-state index contributed by atoms with van der Waals surface area (Å²) in [6.07, 6.45) is 1.91. The molecule has 2 rings (SSSR count). The molecule has 0 fully saturated rings. The van der Waals surface area contributed by atoms with Crippen LogP contribution < -0.4 is 0 Å². The number of fused-ring (bicyclic) bond motifs is 1. The minimum absolute atomic E-state index is 0.213. The molecule has 0 heterocycles. The van der Waals surface area contributed by atoms with E-state index in [1.165, 1.54) is 5.56 Å². The van der Waals surface area contributed by atoms with Crippen molar-refractivity contribution in [1.29, 1.82) is 0 Å². The van der Waals surface area contributed by atoms with Crippen LogP contribution in [-0.4, -0.2) is 31.3 Å². The van der Waals surface area contributed by atoms with Gasteiger partial charge in [-0.25, -0.2) is 0 Å². The first-order chi connectivity index (χ1) is 7.18. The summed E-state index contributed by atoms with van der Waals surface area (Å²) in [7, 11) is 4.10. The van der Waals surface area contributed by atoms with Crippen molar-refractivity contribution in [1.82, 2.24) is 4.90 Å². The summed E-state index contributed by atoms with van der Waals surface area (Å²) in [6.45, 7) is 0.990. The molecule has 0 amide bonds. The maximum Gasteiger partial charge on any atom is 0.166 e.